The number of hydrogen-bond acceptors (Lipinski definition) is 0. The second-order valence-corrected chi connectivity index (χ2v) is 7.74. The predicted octanol–water partition coefficient (Wildman–Crippen LogP) is 6.20. The molecule has 0 saturated heterocycles. The van der Waals surface area contributed by atoms with Gasteiger partial charge in [0.25, 0.3) is 0 Å². The zero-order valence-corrected chi connectivity index (χ0v) is 12.9. The molecule has 1 fully saturated rings. The largest absolute Gasteiger partial charge is 0.0623 e. The Hall–Kier alpha value is 0. The van der Waals surface area contributed by atoms with Crippen LogP contribution in [0.25, 0.3) is 0 Å². The number of rotatable bonds is 1. The van der Waals surface area contributed by atoms with Crippen LogP contribution in [0, 0.1) is 16.7 Å². The van der Waals surface area contributed by atoms with Crippen molar-refractivity contribution in [2.75, 3.05) is 0 Å². The zero-order valence-electron chi connectivity index (χ0n) is 12.9. The van der Waals surface area contributed by atoms with E-state index in [0.29, 0.717) is 10.8 Å². The smallest absolute Gasteiger partial charge is 0.0303 e. The van der Waals surface area contributed by atoms with Gasteiger partial charge < -0.3 is 0 Å². The van der Waals surface area contributed by atoms with E-state index in [1.165, 1.54) is 57.8 Å². The molecule has 0 nitrogen and oxygen atoms in total. The van der Waals surface area contributed by atoms with Crippen molar-refractivity contribution in [3.63, 3.8) is 0 Å². The molecule has 0 heteroatoms. The van der Waals surface area contributed by atoms with E-state index in [-0.39, 0.29) is 0 Å². The van der Waals surface area contributed by atoms with Gasteiger partial charge >= 0.3 is 0 Å². The van der Waals surface area contributed by atoms with Gasteiger partial charge in [0.05, 0.1) is 0 Å². The third-order valence-electron chi connectivity index (χ3n) is 5.35. The van der Waals surface area contributed by atoms with Crippen LogP contribution in [0.15, 0.2) is 0 Å². The summed E-state index contributed by atoms with van der Waals surface area (Å²) in [6.45, 7) is 12.3. The van der Waals surface area contributed by atoms with Crippen LogP contribution in [-0.4, -0.2) is 0 Å². The van der Waals surface area contributed by atoms with E-state index in [9.17, 15) is 0 Å². The van der Waals surface area contributed by atoms with Crippen LogP contribution in [0.2, 0.25) is 0 Å². The SMILES string of the molecule is CC(C)C1(C)CCCCCC(C)(C)CCCC1. The van der Waals surface area contributed by atoms with Crippen LogP contribution in [-0.2, 0) is 0 Å². The lowest BCUT2D eigenvalue weighted by molar-refractivity contribution is 0.169. The molecule has 0 aliphatic heterocycles. The van der Waals surface area contributed by atoms with E-state index in [1.54, 1.807) is 0 Å². The Morgan fingerprint density at radius 3 is 1.59 bits per heavy atom. The highest BCUT2D eigenvalue weighted by atomic mass is 14.3. The standard InChI is InChI=1S/C17H34/c1-15(2)17(5)13-8-6-7-11-16(3,4)12-9-10-14-17/h15H,6-14H2,1-5H3. The fourth-order valence-electron chi connectivity index (χ4n) is 3.27. The highest BCUT2D eigenvalue weighted by molar-refractivity contribution is 4.79. The van der Waals surface area contributed by atoms with Crippen molar-refractivity contribution in [3.05, 3.63) is 0 Å². The zero-order chi connectivity index (χ0) is 12.9. The van der Waals surface area contributed by atoms with Gasteiger partial charge in [-0.05, 0) is 42.4 Å². The van der Waals surface area contributed by atoms with Crippen molar-refractivity contribution in [1.82, 2.24) is 0 Å². The molecule has 1 aliphatic rings. The van der Waals surface area contributed by atoms with E-state index in [4.69, 9.17) is 0 Å². The van der Waals surface area contributed by atoms with Crippen molar-refractivity contribution in [1.29, 1.82) is 0 Å². The second kappa shape index (κ2) is 6.25. The Kier molecular flexibility index (Phi) is 5.54. The van der Waals surface area contributed by atoms with Gasteiger partial charge in [-0.1, -0.05) is 66.7 Å². The Labute approximate surface area is 110 Å². The molecular weight excluding hydrogens is 204 g/mol. The maximum atomic E-state index is 2.53. The number of hydrogen-bond donors (Lipinski definition) is 0. The summed E-state index contributed by atoms with van der Waals surface area (Å²) in [6.07, 6.45) is 13.0. The lowest BCUT2D eigenvalue weighted by Gasteiger charge is -2.34. The van der Waals surface area contributed by atoms with Gasteiger partial charge in [-0.2, -0.15) is 0 Å². The summed E-state index contributed by atoms with van der Waals surface area (Å²) < 4.78 is 0. The average molecular weight is 238 g/mol. The molecule has 102 valence electrons. The molecule has 0 radical (unpaired) electrons. The van der Waals surface area contributed by atoms with Crippen molar-refractivity contribution in [3.8, 4) is 0 Å². The van der Waals surface area contributed by atoms with Gasteiger partial charge in [-0.3, -0.25) is 0 Å². The van der Waals surface area contributed by atoms with Crippen molar-refractivity contribution in [2.24, 2.45) is 16.7 Å². The van der Waals surface area contributed by atoms with Gasteiger partial charge in [0, 0.05) is 0 Å². The molecule has 0 heterocycles. The maximum Gasteiger partial charge on any atom is -0.0303 e. The van der Waals surface area contributed by atoms with Crippen LogP contribution in [0.3, 0.4) is 0 Å². The Bertz CT molecular complexity index is 214. The summed E-state index contributed by atoms with van der Waals surface area (Å²) in [5.41, 5.74) is 1.20. The fraction of sp³-hybridized carbons (Fsp3) is 1.00. The minimum Gasteiger partial charge on any atom is -0.0623 e. The maximum absolute atomic E-state index is 2.53. The highest BCUT2D eigenvalue weighted by Gasteiger charge is 2.28. The third-order valence-corrected chi connectivity index (χ3v) is 5.35. The van der Waals surface area contributed by atoms with E-state index in [2.05, 4.69) is 34.6 Å². The fourth-order valence-corrected chi connectivity index (χ4v) is 3.27. The van der Waals surface area contributed by atoms with Gasteiger partial charge in [-0.15, -0.1) is 0 Å². The molecule has 0 N–H and O–H groups in total. The summed E-state index contributed by atoms with van der Waals surface area (Å²) in [6, 6.07) is 0. The Balaban J connectivity index is 2.56. The topological polar surface area (TPSA) is 0 Å². The lowest BCUT2D eigenvalue weighted by Crippen LogP contribution is -2.23. The monoisotopic (exact) mass is 238 g/mol. The van der Waals surface area contributed by atoms with Crippen LogP contribution in [0.5, 0.6) is 0 Å². The van der Waals surface area contributed by atoms with Crippen molar-refractivity contribution in [2.45, 2.75) is 92.4 Å². The lowest BCUT2D eigenvalue weighted by atomic mass is 9.71. The first kappa shape index (κ1) is 15.1. The summed E-state index contributed by atoms with van der Waals surface area (Å²) in [4.78, 5) is 0. The Morgan fingerprint density at radius 1 is 0.647 bits per heavy atom. The summed E-state index contributed by atoms with van der Waals surface area (Å²) in [5.74, 6) is 0.844. The first-order valence-corrected chi connectivity index (χ1v) is 7.86. The molecule has 0 aromatic carbocycles. The molecule has 17 heavy (non-hydrogen) atoms. The highest BCUT2D eigenvalue weighted by Crippen LogP contribution is 2.40. The molecule has 0 spiro atoms. The van der Waals surface area contributed by atoms with E-state index in [0.717, 1.165) is 5.92 Å². The first-order chi connectivity index (χ1) is 7.86. The molecule has 0 amide bonds. The van der Waals surface area contributed by atoms with Crippen LogP contribution in [0.1, 0.15) is 92.4 Å². The molecule has 0 bridgehead atoms. The van der Waals surface area contributed by atoms with E-state index in [1.807, 2.05) is 0 Å². The van der Waals surface area contributed by atoms with Crippen LogP contribution >= 0.6 is 0 Å². The van der Waals surface area contributed by atoms with Crippen LogP contribution < -0.4 is 0 Å². The molecule has 0 aromatic rings. The minimum atomic E-state index is 0.596. The van der Waals surface area contributed by atoms with Gasteiger partial charge in [0.15, 0.2) is 0 Å². The predicted molar refractivity (Wildman–Crippen MR) is 78.3 cm³/mol. The van der Waals surface area contributed by atoms with Gasteiger partial charge in [0.1, 0.15) is 0 Å². The summed E-state index contributed by atoms with van der Waals surface area (Å²) in [7, 11) is 0. The van der Waals surface area contributed by atoms with Gasteiger partial charge in [-0.25, -0.2) is 0 Å². The molecule has 1 unspecified atom stereocenters. The quantitative estimate of drug-likeness (QED) is 0.510. The minimum absolute atomic E-state index is 0.596. The molecule has 1 atom stereocenters. The van der Waals surface area contributed by atoms with E-state index < -0.39 is 0 Å². The molecule has 1 aliphatic carbocycles. The third kappa shape index (κ3) is 5.02. The molecular formula is C17H34. The first-order valence-electron chi connectivity index (χ1n) is 7.86. The van der Waals surface area contributed by atoms with Gasteiger partial charge in [0.2, 0.25) is 0 Å². The summed E-state index contributed by atoms with van der Waals surface area (Å²) >= 11 is 0. The second-order valence-electron chi connectivity index (χ2n) is 7.74. The average Bonchev–Trinajstić information content (AvgIpc) is 2.25. The van der Waals surface area contributed by atoms with Crippen LogP contribution in [0.4, 0.5) is 0 Å². The molecule has 1 rings (SSSR count). The van der Waals surface area contributed by atoms with E-state index >= 15 is 0 Å². The molecule has 0 aromatic heterocycles. The van der Waals surface area contributed by atoms with Crippen molar-refractivity contribution >= 4 is 0 Å². The summed E-state index contributed by atoms with van der Waals surface area (Å²) in [5, 5.41) is 0. The van der Waals surface area contributed by atoms with Crippen molar-refractivity contribution < 1.29 is 0 Å². The normalized spacial score (nSPS) is 32.1. The molecule has 1 saturated carbocycles. The Morgan fingerprint density at radius 2 is 1.06 bits per heavy atom.